The van der Waals surface area contributed by atoms with Gasteiger partial charge in [0.1, 0.15) is 12.7 Å². The third-order valence-corrected chi connectivity index (χ3v) is 1.91. The number of pyridine rings is 1. The van der Waals surface area contributed by atoms with Crippen molar-refractivity contribution in [2.24, 2.45) is 0 Å². The molecule has 0 atom stereocenters. The number of aromatic nitrogens is 4. The van der Waals surface area contributed by atoms with Crippen LogP contribution in [-0.2, 0) is 0 Å². The zero-order valence-electron chi connectivity index (χ0n) is 6.35. The van der Waals surface area contributed by atoms with Crippen LogP contribution in [-0.4, -0.2) is 19.7 Å². The molecular formula is C7H4Cl2N4. The van der Waals surface area contributed by atoms with Crippen molar-refractivity contribution in [2.75, 3.05) is 0 Å². The van der Waals surface area contributed by atoms with Crippen LogP contribution in [0, 0.1) is 0 Å². The Hall–Kier alpha value is -1.13. The Balaban J connectivity index is 2.53. The van der Waals surface area contributed by atoms with Gasteiger partial charge in [-0.1, -0.05) is 23.2 Å². The fourth-order valence-electron chi connectivity index (χ4n) is 0.894. The van der Waals surface area contributed by atoms with E-state index in [9.17, 15) is 0 Å². The molecule has 0 unspecified atom stereocenters. The van der Waals surface area contributed by atoms with Gasteiger partial charge >= 0.3 is 0 Å². The molecular weight excluding hydrogens is 211 g/mol. The molecule has 2 aromatic heterocycles. The third kappa shape index (κ3) is 1.64. The lowest BCUT2D eigenvalue weighted by Crippen LogP contribution is -1.98. The van der Waals surface area contributed by atoms with Crippen molar-refractivity contribution in [1.29, 1.82) is 0 Å². The molecule has 0 aliphatic carbocycles. The lowest BCUT2D eigenvalue weighted by atomic mass is 10.4. The minimum atomic E-state index is 0.443. The number of hydrogen-bond donors (Lipinski definition) is 0. The fraction of sp³-hybridized carbons (Fsp3) is 0. The zero-order chi connectivity index (χ0) is 9.26. The predicted molar refractivity (Wildman–Crippen MR) is 49.2 cm³/mol. The number of nitrogens with zero attached hydrogens (tertiary/aromatic N) is 4. The highest BCUT2D eigenvalue weighted by atomic mass is 35.5. The quantitative estimate of drug-likeness (QED) is 0.730. The number of rotatable bonds is 1. The molecule has 0 aliphatic rings. The van der Waals surface area contributed by atoms with E-state index < -0.39 is 0 Å². The molecule has 0 N–H and O–H groups in total. The second-order valence-electron chi connectivity index (χ2n) is 2.30. The number of halogens is 2. The Bertz CT molecular complexity index is 412. The molecule has 66 valence electrons. The predicted octanol–water partition coefficient (Wildman–Crippen LogP) is 1.97. The van der Waals surface area contributed by atoms with Crippen LogP contribution in [0.2, 0.25) is 10.0 Å². The molecule has 0 bridgehead atoms. The van der Waals surface area contributed by atoms with Crippen LogP contribution in [0.1, 0.15) is 0 Å². The molecule has 0 aromatic carbocycles. The van der Waals surface area contributed by atoms with Gasteiger partial charge in [0.25, 0.3) is 0 Å². The summed E-state index contributed by atoms with van der Waals surface area (Å²) in [6.07, 6.45) is 4.43. The normalized spacial score (nSPS) is 10.3. The van der Waals surface area contributed by atoms with Crippen molar-refractivity contribution in [1.82, 2.24) is 19.7 Å². The van der Waals surface area contributed by atoms with Crippen LogP contribution in [0.5, 0.6) is 0 Å². The van der Waals surface area contributed by atoms with E-state index in [-0.39, 0.29) is 0 Å². The van der Waals surface area contributed by atoms with E-state index in [0.717, 1.165) is 0 Å². The van der Waals surface area contributed by atoms with Crippen molar-refractivity contribution in [3.8, 4) is 5.82 Å². The molecule has 0 radical (unpaired) electrons. The van der Waals surface area contributed by atoms with E-state index in [1.54, 1.807) is 6.07 Å². The standard InChI is InChI=1S/C7H4Cl2N4/c8-5-1-6(9)7(11-2-5)13-4-10-3-12-13/h1-4H. The van der Waals surface area contributed by atoms with Crippen LogP contribution in [0.25, 0.3) is 5.82 Å². The van der Waals surface area contributed by atoms with Crippen LogP contribution in [0.3, 0.4) is 0 Å². The molecule has 4 nitrogen and oxygen atoms in total. The van der Waals surface area contributed by atoms with Gasteiger partial charge in [-0.3, -0.25) is 0 Å². The Morgan fingerprint density at radius 3 is 2.77 bits per heavy atom. The molecule has 0 saturated heterocycles. The summed E-state index contributed by atoms with van der Waals surface area (Å²) in [4.78, 5) is 7.80. The summed E-state index contributed by atoms with van der Waals surface area (Å²) in [5.41, 5.74) is 0. The van der Waals surface area contributed by atoms with Gasteiger partial charge < -0.3 is 0 Å². The van der Waals surface area contributed by atoms with Gasteiger partial charge in [-0.15, -0.1) is 0 Å². The highest BCUT2D eigenvalue weighted by Gasteiger charge is 2.04. The van der Waals surface area contributed by atoms with E-state index >= 15 is 0 Å². The molecule has 2 rings (SSSR count). The van der Waals surface area contributed by atoms with Crippen LogP contribution < -0.4 is 0 Å². The lowest BCUT2D eigenvalue weighted by Gasteiger charge is -2.01. The molecule has 6 heteroatoms. The maximum Gasteiger partial charge on any atom is 0.174 e. The Morgan fingerprint density at radius 2 is 2.15 bits per heavy atom. The van der Waals surface area contributed by atoms with Gasteiger partial charge in [-0.25, -0.2) is 14.6 Å². The first-order valence-corrected chi connectivity index (χ1v) is 4.19. The van der Waals surface area contributed by atoms with E-state index in [4.69, 9.17) is 23.2 Å². The monoisotopic (exact) mass is 214 g/mol. The SMILES string of the molecule is Clc1cnc(-n2cncn2)c(Cl)c1. The molecule has 13 heavy (non-hydrogen) atoms. The van der Waals surface area contributed by atoms with Crippen LogP contribution in [0.4, 0.5) is 0 Å². The van der Waals surface area contributed by atoms with Crippen molar-refractivity contribution in [3.63, 3.8) is 0 Å². The zero-order valence-corrected chi connectivity index (χ0v) is 7.87. The molecule has 2 aromatic rings. The molecule has 0 saturated carbocycles. The molecule has 2 heterocycles. The summed E-state index contributed by atoms with van der Waals surface area (Å²) in [7, 11) is 0. The van der Waals surface area contributed by atoms with Gasteiger partial charge in [0, 0.05) is 6.20 Å². The summed E-state index contributed by atoms with van der Waals surface area (Å²) in [6.45, 7) is 0. The Kier molecular flexibility index (Phi) is 2.16. The third-order valence-electron chi connectivity index (χ3n) is 1.42. The first-order valence-electron chi connectivity index (χ1n) is 3.43. The first-order chi connectivity index (χ1) is 6.27. The minimum Gasteiger partial charge on any atom is -0.234 e. The van der Waals surface area contributed by atoms with E-state index in [2.05, 4.69) is 15.1 Å². The molecule has 0 spiro atoms. The number of hydrogen-bond acceptors (Lipinski definition) is 3. The molecule has 0 fully saturated rings. The van der Waals surface area contributed by atoms with Crippen molar-refractivity contribution in [2.45, 2.75) is 0 Å². The fourth-order valence-corrected chi connectivity index (χ4v) is 1.36. The summed E-state index contributed by atoms with van der Waals surface area (Å²) >= 11 is 11.6. The average Bonchev–Trinajstić information content (AvgIpc) is 2.56. The Labute approximate surface area is 84.1 Å². The second-order valence-corrected chi connectivity index (χ2v) is 3.14. The topological polar surface area (TPSA) is 43.6 Å². The van der Waals surface area contributed by atoms with Crippen LogP contribution in [0.15, 0.2) is 24.9 Å². The lowest BCUT2D eigenvalue weighted by molar-refractivity contribution is 0.845. The summed E-state index contributed by atoms with van der Waals surface area (Å²) in [5, 5.41) is 4.83. The largest absolute Gasteiger partial charge is 0.234 e. The highest BCUT2D eigenvalue weighted by Crippen LogP contribution is 2.20. The van der Waals surface area contributed by atoms with Gasteiger partial charge in [0.05, 0.1) is 10.0 Å². The summed E-state index contributed by atoms with van der Waals surface area (Å²) in [5.74, 6) is 0.517. The van der Waals surface area contributed by atoms with E-state index in [0.29, 0.717) is 15.9 Å². The van der Waals surface area contributed by atoms with E-state index in [1.807, 2.05) is 0 Å². The second kappa shape index (κ2) is 3.32. The van der Waals surface area contributed by atoms with Gasteiger partial charge in [0.2, 0.25) is 0 Å². The average molecular weight is 215 g/mol. The maximum absolute atomic E-state index is 5.89. The summed E-state index contributed by atoms with van der Waals surface area (Å²) in [6, 6.07) is 1.60. The van der Waals surface area contributed by atoms with Crippen molar-refractivity contribution in [3.05, 3.63) is 35.0 Å². The smallest absolute Gasteiger partial charge is 0.174 e. The molecule has 0 amide bonds. The molecule has 0 aliphatic heterocycles. The van der Waals surface area contributed by atoms with Gasteiger partial charge in [-0.05, 0) is 6.07 Å². The highest BCUT2D eigenvalue weighted by molar-refractivity contribution is 6.35. The van der Waals surface area contributed by atoms with Gasteiger partial charge in [0.15, 0.2) is 5.82 Å². The van der Waals surface area contributed by atoms with Gasteiger partial charge in [-0.2, -0.15) is 5.10 Å². The first kappa shape index (κ1) is 8.47. The van der Waals surface area contributed by atoms with E-state index in [1.165, 1.54) is 23.5 Å². The van der Waals surface area contributed by atoms with Crippen molar-refractivity contribution < 1.29 is 0 Å². The maximum atomic E-state index is 5.89. The van der Waals surface area contributed by atoms with Crippen LogP contribution >= 0.6 is 23.2 Å². The summed E-state index contributed by atoms with van der Waals surface area (Å²) < 4.78 is 1.47. The minimum absolute atomic E-state index is 0.443. The Morgan fingerprint density at radius 1 is 1.31 bits per heavy atom. The van der Waals surface area contributed by atoms with Crippen molar-refractivity contribution >= 4 is 23.2 Å².